The Bertz CT molecular complexity index is 759. The van der Waals surface area contributed by atoms with E-state index in [9.17, 15) is 4.79 Å². The van der Waals surface area contributed by atoms with Crippen LogP contribution in [0.3, 0.4) is 0 Å². The molecule has 0 N–H and O–H groups in total. The number of carbonyl (C=O) groups excluding carboxylic acids is 1. The monoisotopic (exact) mass is 359 g/mol. The molecule has 26 heavy (non-hydrogen) atoms. The van der Waals surface area contributed by atoms with Crippen molar-refractivity contribution in [1.29, 1.82) is 0 Å². The highest BCUT2D eigenvalue weighted by molar-refractivity contribution is 5.81. The fraction of sp³-hybridized carbons (Fsp3) is 0.526. The summed E-state index contributed by atoms with van der Waals surface area (Å²) in [7, 11) is 1.60. The third kappa shape index (κ3) is 3.81. The highest BCUT2D eigenvalue weighted by atomic mass is 16.5. The zero-order valence-electron chi connectivity index (χ0n) is 15.6. The van der Waals surface area contributed by atoms with Crippen LogP contribution >= 0.6 is 0 Å². The Hall–Kier alpha value is -2.57. The number of nitrogens with zero attached hydrogens (tertiary/aromatic N) is 3. The van der Waals surface area contributed by atoms with Gasteiger partial charge in [0, 0.05) is 18.5 Å². The molecule has 0 radical (unpaired) electrons. The van der Waals surface area contributed by atoms with Gasteiger partial charge in [-0.05, 0) is 31.9 Å². The second-order valence-corrected chi connectivity index (χ2v) is 6.77. The molecule has 7 heteroatoms. The topological polar surface area (TPSA) is 77.7 Å². The minimum Gasteiger partial charge on any atom is -0.497 e. The van der Waals surface area contributed by atoms with Crippen LogP contribution in [0.15, 0.2) is 28.8 Å². The lowest BCUT2D eigenvalue weighted by Crippen LogP contribution is -2.40. The lowest BCUT2D eigenvalue weighted by atomic mass is 10.2. The predicted octanol–water partition coefficient (Wildman–Crippen LogP) is 3.33. The normalized spacial score (nSPS) is 18.2. The third-order valence-corrected chi connectivity index (χ3v) is 4.50. The van der Waals surface area contributed by atoms with Crippen LogP contribution in [0.4, 0.5) is 0 Å². The second-order valence-electron chi connectivity index (χ2n) is 6.77. The first-order valence-corrected chi connectivity index (χ1v) is 8.94. The molecule has 2 atom stereocenters. The highest BCUT2D eigenvalue weighted by Crippen LogP contribution is 2.32. The van der Waals surface area contributed by atoms with E-state index < -0.39 is 6.10 Å². The van der Waals surface area contributed by atoms with Crippen LogP contribution in [0.5, 0.6) is 11.5 Å². The maximum atomic E-state index is 12.9. The lowest BCUT2D eigenvalue weighted by Gasteiger charge is -2.25. The predicted molar refractivity (Wildman–Crippen MR) is 95.2 cm³/mol. The number of rotatable bonds is 6. The largest absolute Gasteiger partial charge is 0.497 e. The minimum absolute atomic E-state index is 0.0837. The Labute approximate surface area is 153 Å². The zero-order valence-corrected chi connectivity index (χ0v) is 15.6. The number of ether oxygens (including phenoxy) is 2. The maximum Gasteiger partial charge on any atom is 0.264 e. The summed E-state index contributed by atoms with van der Waals surface area (Å²) in [5, 5.41) is 4.02. The van der Waals surface area contributed by atoms with Gasteiger partial charge in [0.15, 0.2) is 11.9 Å². The molecule has 1 saturated heterocycles. The number of methoxy groups -OCH3 is 1. The smallest absolute Gasteiger partial charge is 0.264 e. The molecule has 1 aliphatic heterocycles. The molecule has 3 rings (SSSR count). The van der Waals surface area contributed by atoms with Crippen LogP contribution in [-0.2, 0) is 4.79 Å². The van der Waals surface area contributed by atoms with Crippen LogP contribution in [0.2, 0.25) is 0 Å². The van der Waals surface area contributed by atoms with Gasteiger partial charge >= 0.3 is 0 Å². The van der Waals surface area contributed by atoms with Crippen molar-refractivity contribution in [2.75, 3.05) is 13.7 Å². The summed E-state index contributed by atoms with van der Waals surface area (Å²) in [6.45, 7) is 6.44. The highest BCUT2D eigenvalue weighted by Gasteiger charge is 2.36. The molecule has 0 aliphatic carbocycles. The van der Waals surface area contributed by atoms with Gasteiger partial charge in [0.05, 0.1) is 7.11 Å². The van der Waals surface area contributed by atoms with Gasteiger partial charge in [-0.25, -0.2) is 0 Å². The van der Waals surface area contributed by atoms with Crippen molar-refractivity contribution in [2.45, 2.75) is 51.7 Å². The number of hydrogen-bond acceptors (Lipinski definition) is 6. The summed E-state index contributed by atoms with van der Waals surface area (Å²) in [6, 6.07) is 7.05. The van der Waals surface area contributed by atoms with Crippen molar-refractivity contribution in [3.8, 4) is 11.5 Å². The average molecular weight is 359 g/mol. The Kier molecular flexibility index (Phi) is 5.44. The Balaban J connectivity index is 1.70. The molecule has 1 aromatic heterocycles. The summed E-state index contributed by atoms with van der Waals surface area (Å²) >= 11 is 0. The first-order valence-electron chi connectivity index (χ1n) is 8.94. The van der Waals surface area contributed by atoms with Crippen molar-refractivity contribution >= 4 is 5.91 Å². The second kappa shape index (κ2) is 7.76. The van der Waals surface area contributed by atoms with Crippen LogP contribution in [-0.4, -0.2) is 40.7 Å². The number of benzene rings is 1. The van der Waals surface area contributed by atoms with Gasteiger partial charge in [-0.3, -0.25) is 4.79 Å². The van der Waals surface area contributed by atoms with E-state index in [-0.39, 0.29) is 17.9 Å². The van der Waals surface area contributed by atoms with Crippen LogP contribution in [0, 0.1) is 0 Å². The molecule has 0 bridgehead atoms. The number of hydrogen-bond donors (Lipinski definition) is 0. The minimum atomic E-state index is -0.616. The van der Waals surface area contributed by atoms with Gasteiger partial charge in [-0.2, -0.15) is 4.98 Å². The summed E-state index contributed by atoms with van der Waals surface area (Å²) in [5.41, 5.74) is 0. The molecule has 140 valence electrons. The Morgan fingerprint density at radius 2 is 2.08 bits per heavy atom. The van der Waals surface area contributed by atoms with E-state index in [0.29, 0.717) is 29.8 Å². The first-order chi connectivity index (χ1) is 12.5. The molecular formula is C19H25N3O4. The molecule has 0 saturated carbocycles. The van der Waals surface area contributed by atoms with E-state index in [1.807, 2.05) is 26.0 Å². The van der Waals surface area contributed by atoms with Gasteiger partial charge in [-0.1, -0.05) is 25.1 Å². The van der Waals surface area contributed by atoms with E-state index in [1.54, 1.807) is 31.1 Å². The van der Waals surface area contributed by atoms with Gasteiger partial charge in [0.2, 0.25) is 5.89 Å². The molecule has 2 unspecified atom stereocenters. The molecule has 0 spiro atoms. The van der Waals surface area contributed by atoms with Gasteiger partial charge in [0.25, 0.3) is 5.91 Å². The first kappa shape index (κ1) is 18.2. The zero-order chi connectivity index (χ0) is 18.7. The van der Waals surface area contributed by atoms with E-state index >= 15 is 0 Å². The van der Waals surface area contributed by atoms with E-state index in [4.69, 9.17) is 14.0 Å². The number of likely N-dealkylation sites (tertiary alicyclic amines) is 1. The van der Waals surface area contributed by atoms with E-state index in [1.165, 1.54) is 0 Å². The van der Waals surface area contributed by atoms with Crippen LogP contribution in [0.1, 0.15) is 57.3 Å². The van der Waals surface area contributed by atoms with E-state index in [2.05, 4.69) is 10.1 Å². The van der Waals surface area contributed by atoms with Crippen molar-refractivity contribution < 1.29 is 18.8 Å². The van der Waals surface area contributed by atoms with Crippen LogP contribution in [0.25, 0.3) is 0 Å². The molecule has 1 aliphatic rings. The summed E-state index contributed by atoms with van der Waals surface area (Å²) in [4.78, 5) is 19.1. The van der Waals surface area contributed by atoms with Gasteiger partial charge in [-0.15, -0.1) is 0 Å². The van der Waals surface area contributed by atoms with Crippen molar-refractivity contribution in [3.05, 3.63) is 36.0 Å². The SMILES string of the molecule is COc1cccc(OC(C)C(=O)N2CCCC2c2nc(C(C)C)no2)c1. The van der Waals surface area contributed by atoms with Gasteiger partial charge < -0.3 is 18.9 Å². The average Bonchev–Trinajstić information content (AvgIpc) is 3.30. The number of amides is 1. The molecule has 1 fully saturated rings. The van der Waals surface area contributed by atoms with Crippen molar-refractivity contribution in [3.63, 3.8) is 0 Å². The Morgan fingerprint density at radius 3 is 2.77 bits per heavy atom. The molecular weight excluding hydrogens is 334 g/mol. The number of carbonyl (C=O) groups is 1. The summed E-state index contributed by atoms with van der Waals surface area (Å²) in [5.74, 6) is 2.57. The van der Waals surface area contributed by atoms with Gasteiger partial charge in [0.1, 0.15) is 17.5 Å². The molecule has 7 nitrogen and oxygen atoms in total. The number of aromatic nitrogens is 2. The molecule has 1 amide bonds. The summed E-state index contributed by atoms with van der Waals surface area (Å²) in [6.07, 6.45) is 1.11. The molecule has 2 heterocycles. The van der Waals surface area contributed by atoms with Crippen molar-refractivity contribution in [2.24, 2.45) is 0 Å². The third-order valence-electron chi connectivity index (χ3n) is 4.50. The standard InChI is InChI=1S/C19H25N3O4/c1-12(2)17-20-18(26-21-17)16-9-6-10-22(16)19(23)13(3)25-15-8-5-7-14(11-15)24-4/h5,7-8,11-13,16H,6,9-10H2,1-4H3. The summed E-state index contributed by atoms with van der Waals surface area (Å²) < 4.78 is 16.4. The Morgan fingerprint density at radius 1 is 1.31 bits per heavy atom. The quantitative estimate of drug-likeness (QED) is 0.787. The van der Waals surface area contributed by atoms with E-state index in [0.717, 1.165) is 12.8 Å². The fourth-order valence-electron chi connectivity index (χ4n) is 3.07. The lowest BCUT2D eigenvalue weighted by molar-refractivity contribution is -0.139. The molecule has 2 aromatic rings. The van der Waals surface area contributed by atoms with Crippen molar-refractivity contribution in [1.82, 2.24) is 15.0 Å². The maximum absolute atomic E-state index is 12.9. The fourth-order valence-corrected chi connectivity index (χ4v) is 3.07. The molecule has 1 aromatic carbocycles. The van der Waals surface area contributed by atoms with Crippen LogP contribution < -0.4 is 9.47 Å².